The van der Waals surface area contributed by atoms with Crippen LogP contribution in [0.15, 0.2) is 16.9 Å². The molecule has 0 bridgehead atoms. The minimum absolute atomic E-state index is 0.0313. The van der Waals surface area contributed by atoms with Crippen LogP contribution >= 0.6 is 0 Å². The highest BCUT2D eigenvalue weighted by atomic mass is 32.3. The summed E-state index contributed by atoms with van der Waals surface area (Å²) in [5.41, 5.74) is 15.9. The maximum Gasteiger partial charge on any atom is 0.394 e. The van der Waals surface area contributed by atoms with Crippen molar-refractivity contribution < 1.29 is 22.6 Å². The van der Waals surface area contributed by atoms with Crippen LogP contribution < -0.4 is 22.5 Å². The number of aliphatic hydroxyl groups is 1. The Morgan fingerprint density at radius 3 is 2.07 bits per heavy atom. The molecule has 0 aromatic heterocycles. The fourth-order valence-corrected chi connectivity index (χ4v) is 0.538. The molecule has 0 spiro atoms. The first kappa shape index (κ1) is 13.6. The first-order chi connectivity index (χ1) is 6.51. The number of nitrogens with zero attached hydrogens (tertiary/aromatic N) is 1. The molecule has 88 valence electrons. The topological polar surface area (TPSA) is 197 Å². The summed E-state index contributed by atoms with van der Waals surface area (Å²) in [4.78, 5) is 3.42. The van der Waals surface area contributed by atoms with Gasteiger partial charge >= 0.3 is 10.4 Å². The maximum absolute atomic E-state index is 8.96. The molecule has 0 aromatic rings. The predicted octanol–water partition coefficient (Wildman–Crippen LogP) is -3.34. The van der Waals surface area contributed by atoms with Crippen LogP contribution in [-0.2, 0) is 10.4 Å². The number of nitrogens with two attached hydrogens (primary N) is 3. The minimum Gasteiger partial charge on any atom is -0.395 e. The molecular weight excluding hydrogens is 230 g/mol. The van der Waals surface area contributed by atoms with E-state index in [0.29, 0.717) is 0 Å². The van der Waals surface area contributed by atoms with Crippen molar-refractivity contribution in [2.45, 2.75) is 5.97 Å². The van der Waals surface area contributed by atoms with Gasteiger partial charge in [-0.15, -0.1) is 0 Å². The van der Waals surface area contributed by atoms with E-state index in [1.807, 2.05) is 0 Å². The van der Waals surface area contributed by atoms with Crippen LogP contribution in [0, 0.1) is 0 Å². The molecule has 0 aliphatic carbocycles. The summed E-state index contributed by atoms with van der Waals surface area (Å²) in [7, 11) is -4.67. The van der Waals surface area contributed by atoms with Crippen molar-refractivity contribution in [3.8, 4) is 0 Å². The second-order valence-corrected chi connectivity index (χ2v) is 3.31. The van der Waals surface area contributed by atoms with Crippen LogP contribution in [0.3, 0.4) is 0 Å². The van der Waals surface area contributed by atoms with Crippen molar-refractivity contribution in [1.29, 1.82) is 0 Å². The molecule has 1 heterocycles. The largest absolute Gasteiger partial charge is 0.395 e. The molecule has 10 nitrogen and oxygen atoms in total. The zero-order valence-electron chi connectivity index (χ0n) is 7.32. The summed E-state index contributed by atoms with van der Waals surface area (Å²) in [5.74, 6) is -1.78. The average Bonchev–Trinajstić information content (AvgIpc) is 1.93. The first-order valence-electron chi connectivity index (χ1n) is 3.31. The van der Waals surface area contributed by atoms with Crippen LogP contribution in [0.25, 0.3) is 0 Å². The molecule has 11 heteroatoms. The van der Waals surface area contributed by atoms with Gasteiger partial charge in [-0.05, 0) is 0 Å². The average molecular weight is 241 g/mol. The number of nitrogens with one attached hydrogen (secondary N) is 1. The summed E-state index contributed by atoms with van der Waals surface area (Å²) in [5, 5.41) is 11.3. The molecule has 0 radical (unpaired) electrons. The Balaban J connectivity index is 0.000000336. The number of amidine groups is 1. The number of hydrogen-bond acceptors (Lipinski definition) is 8. The Labute approximate surface area is 85.0 Å². The van der Waals surface area contributed by atoms with E-state index < -0.39 is 16.4 Å². The molecule has 0 saturated heterocycles. The fourth-order valence-electron chi connectivity index (χ4n) is 0.538. The molecule has 1 aliphatic rings. The Hall–Kier alpha value is -1.40. The van der Waals surface area contributed by atoms with Gasteiger partial charge < -0.3 is 21.9 Å². The standard InChI is InChI=1S/C4H9N5O.H2O4S/c5-2-1-8-4(7,10)9-3(2)6;1-5(2,3)4/h1,8,10H,5,7H2,(H2,6,9);(H2,1,2,3,4). The number of aliphatic imine (C=N–C) groups is 1. The molecule has 0 saturated carbocycles. The molecule has 1 rings (SSSR count). The van der Waals surface area contributed by atoms with Crippen molar-refractivity contribution in [2.24, 2.45) is 22.2 Å². The SMILES string of the molecule is NC1=CNC(N)(O)N=C1N.O=S(=O)(O)O. The van der Waals surface area contributed by atoms with E-state index >= 15 is 0 Å². The second kappa shape index (κ2) is 4.41. The summed E-state index contributed by atoms with van der Waals surface area (Å²) >= 11 is 0. The smallest absolute Gasteiger partial charge is 0.394 e. The molecule has 1 atom stereocenters. The molecule has 0 fully saturated rings. The zero-order chi connectivity index (χ0) is 12.3. The third kappa shape index (κ3) is 7.65. The van der Waals surface area contributed by atoms with Crippen LogP contribution in [0.1, 0.15) is 0 Å². The lowest BCUT2D eigenvalue weighted by Crippen LogP contribution is -2.53. The van der Waals surface area contributed by atoms with Gasteiger partial charge in [-0.1, -0.05) is 0 Å². The van der Waals surface area contributed by atoms with E-state index in [1.165, 1.54) is 6.20 Å². The van der Waals surface area contributed by atoms with E-state index in [9.17, 15) is 0 Å². The minimum atomic E-state index is -4.67. The van der Waals surface area contributed by atoms with Gasteiger partial charge in [0.2, 0.25) is 0 Å². The highest BCUT2D eigenvalue weighted by Crippen LogP contribution is 1.99. The molecule has 10 N–H and O–H groups in total. The molecule has 0 aromatic carbocycles. The Morgan fingerprint density at radius 1 is 1.40 bits per heavy atom. The van der Waals surface area contributed by atoms with Gasteiger partial charge in [-0.25, -0.2) is 0 Å². The van der Waals surface area contributed by atoms with Gasteiger partial charge in [0.15, 0.2) is 0 Å². The van der Waals surface area contributed by atoms with Crippen LogP contribution in [-0.4, -0.2) is 34.4 Å². The van der Waals surface area contributed by atoms with E-state index in [0.717, 1.165) is 0 Å². The van der Waals surface area contributed by atoms with Crippen LogP contribution in [0.4, 0.5) is 0 Å². The lowest BCUT2D eigenvalue weighted by Gasteiger charge is -2.22. The van der Waals surface area contributed by atoms with Crippen LogP contribution in [0.2, 0.25) is 0 Å². The number of hydrogen-bond donors (Lipinski definition) is 7. The fraction of sp³-hybridized carbons (Fsp3) is 0.250. The number of rotatable bonds is 0. The Morgan fingerprint density at radius 2 is 1.80 bits per heavy atom. The van der Waals surface area contributed by atoms with Crippen LogP contribution in [0.5, 0.6) is 0 Å². The lowest BCUT2D eigenvalue weighted by molar-refractivity contribution is 0.0330. The van der Waals surface area contributed by atoms with Gasteiger partial charge in [-0.3, -0.25) is 14.8 Å². The molecule has 0 amide bonds. The normalized spacial score (nSPS) is 25.3. The lowest BCUT2D eigenvalue weighted by atomic mass is 10.4. The van der Waals surface area contributed by atoms with Gasteiger partial charge in [0.05, 0.1) is 5.70 Å². The predicted molar refractivity (Wildman–Crippen MR) is 50.3 cm³/mol. The monoisotopic (exact) mass is 241 g/mol. The third-order valence-corrected chi connectivity index (χ3v) is 1.03. The van der Waals surface area contributed by atoms with Crippen molar-refractivity contribution in [1.82, 2.24) is 5.32 Å². The quantitative estimate of drug-likeness (QED) is 0.167. The molecule has 1 unspecified atom stereocenters. The summed E-state index contributed by atoms with van der Waals surface area (Å²) < 4.78 is 31.6. The molecule has 1 aliphatic heterocycles. The summed E-state index contributed by atoms with van der Waals surface area (Å²) in [6.07, 6.45) is 1.29. The zero-order valence-corrected chi connectivity index (χ0v) is 8.14. The van der Waals surface area contributed by atoms with Gasteiger partial charge in [0.25, 0.3) is 5.97 Å². The van der Waals surface area contributed by atoms with Gasteiger partial charge in [0.1, 0.15) is 5.84 Å². The summed E-state index contributed by atoms with van der Waals surface area (Å²) in [6, 6.07) is 0. The Bertz CT molecular complexity index is 376. The third-order valence-electron chi connectivity index (χ3n) is 1.03. The van der Waals surface area contributed by atoms with Crippen molar-refractivity contribution in [3.63, 3.8) is 0 Å². The highest BCUT2D eigenvalue weighted by molar-refractivity contribution is 7.79. The second-order valence-electron chi connectivity index (χ2n) is 2.42. The maximum atomic E-state index is 8.96. The molecular formula is C4H11N5O5S. The highest BCUT2D eigenvalue weighted by Gasteiger charge is 2.22. The van der Waals surface area contributed by atoms with E-state index in [1.54, 1.807) is 0 Å². The van der Waals surface area contributed by atoms with E-state index in [-0.39, 0.29) is 11.5 Å². The Kier molecular flexibility index (Phi) is 4.00. The molecule has 15 heavy (non-hydrogen) atoms. The van der Waals surface area contributed by atoms with Gasteiger partial charge in [0, 0.05) is 6.20 Å². The van der Waals surface area contributed by atoms with Crippen molar-refractivity contribution in [3.05, 3.63) is 11.9 Å². The van der Waals surface area contributed by atoms with Crippen molar-refractivity contribution in [2.75, 3.05) is 0 Å². The van der Waals surface area contributed by atoms with Gasteiger partial charge in [-0.2, -0.15) is 13.4 Å². The van der Waals surface area contributed by atoms with E-state index in [4.69, 9.17) is 39.8 Å². The van der Waals surface area contributed by atoms with E-state index in [2.05, 4.69) is 10.3 Å². The summed E-state index contributed by atoms with van der Waals surface area (Å²) in [6.45, 7) is 0. The van der Waals surface area contributed by atoms with Crippen molar-refractivity contribution >= 4 is 16.2 Å². The first-order valence-corrected chi connectivity index (χ1v) is 4.71.